The van der Waals surface area contributed by atoms with E-state index in [4.69, 9.17) is 9.47 Å². The zero-order valence-electron chi connectivity index (χ0n) is 21.9. The molecule has 2 aliphatic rings. The maximum absolute atomic E-state index is 13.5. The summed E-state index contributed by atoms with van der Waals surface area (Å²) in [5.41, 5.74) is 2.84. The van der Waals surface area contributed by atoms with Crippen molar-refractivity contribution in [1.82, 2.24) is 10.3 Å². The normalized spacial score (nSPS) is 18.6. The van der Waals surface area contributed by atoms with Crippen LogP contribution in [0.3, 0.4) is 0 Å². The van der Waals surface area contributed by atoms with Crippen molar-refractivity contribution in [3.63, 3.8) is 0 Å². The third-order valence-electron chi connectivity index (χ3n) is 7.52. The number of pyridine rings is 1. The van der Waals surface area contributed by atoms with Crippen LogP contribution in [0, 0.1) is 12.8 Å². The highest BCUT2D eigenvalue weighted by Crippen LogP contribution is 2.46. The van der Waals surface area contributed by atoms with Crippen molar-refractivity contribution in [3.05, 3.63) is 71.2 Å². The molecule has 0 saturated heterocycles. The van der Waals surface area contributed by atoms with Crippen molar-refractivity contribution >= 4 is 50.6 Å². The third-order valence-corrected chi connectivity index (χ3v) is 8.62. The number of hydrogen-bond acceptors (Lipinski definition) is 6. The average molecular weight is 543 g/mol. The van der Waals surface area contributed by atoms with E-state index < -0.39 is 0 Å². The number of nitrogens with zero attached hydrogens (tertiary/aromatic N) is 2. The summed E-state index contributed by atoms with van der Waals surface area (Å²) in [4.78, 5) is 34.1. The first kappa shape index (κ1) is 25.3. The fourth-order valence-electron chi connectivity index (χ4n) is 5.44. The van der Waals surface area contributed by atoms with E-state index in [2.05, 4.69) is 15.6 Å². The minimum absolute atomic E-state index is 0.180. The largest absolute Gasteiger partial charge is 0.457 e. The lowest BCUT2D eigenvalue weighted by atomic mass is 9.87. The first-order valence-electron chi connectivity index (χ1n) is 13.2. The van der Waals surface area contributed by atoms with E-state index in [1.165, 1.54) is 11.3 Å². The van der Waals surface area contributed by atoms with Crippen molar-refractivity contribution in [3.8, 4) is 11.5 Å². The predicted octanol–water partition coefficient (Wildman–Crippen LogP) is 7.02. The van der Waals surface area contributed by atoms with Gasteiger partial charge in [-0.05, 0) is 80.5 Å². The number of methoxy groups -OCH3 is 1. The van der Waals surface area contributed by atoms with Crippen molar-refractivity contribution in [2.45, 2.75) is 38.7 Å². The Balaban J connectivity index is 1.25. The van der Waals surface area contributed by atoms with Crippen LogP contribution in [0.15, 0.2) is 60.8 Å². The Kier molecular flexibility index (Phi) is 6.93. The molecule has 2 aromatic heterocycles. The van der Waals surface area contributed by atoms with Crippen molar-refractivity contribution in [2.24, 2.45) is 5.92 Å². The number of aryl methyl sites for hydroxylation is 1. The first-order valence-corrected chi connectivity index (χ1v) is 14.0. The molecule has 1 saturated carbocycles. The second kappa shape index (κ2) is 10.7. The molecule has 39 heavy (non-hydrogen) atoms. The highest BCUT2D eigenvalue weighted by atomic mass is 32.1. The Morgan fingerprint density at radius 2 is 1.87 bits per heavy atom. The number of urea groups is 1. The number of anilines is 3. The molecule has 0 bridgehead atoms. The Hall–Kier alpha value is -3.95. The fourth-order valence-corrected chi connectivity index (χ4v) is 6.48. The lowest BCUT2D eigenvalue weighted by molar-refractivity contribution is 0.0563. The van der Waals surface area contributed by atoms with E-state index in [-0.39, 0.29) is 11.9 Å². The van der Waals surface area contributed by atoms with Crippen LogP contribution in [0.25, 0.3) is 10.2 Å². The first-order chi connectivity index (χ1) is 19.0. The average Bonchev–Trinajstić information content (AvgIpc) is 3.33. The summed E-state index contributed by atoms with van der Waals surface area (Å²) in [6, 6.07) is 16.7. The van der Waals surface area contributed by atoms with E-state index in [1.807, 2.05) is 61.5 Å². The molecular formula is C30H30N4O4S. The molecule has 2 aromatic carbocycles. The molecule has 8 nitrogen and oxygen atoms in total. The van der Waals surface area contributed by atoms with Crippen LogP contribution in [0.5, 0.6) is 11.5 Å². The highest BCUT2D eigenvalue weighted by molar-refractivity contribution is 7.21. The van der Waals surface area contributed by atoms with Gasteiger partial charge in [-0.25, -0.2) is 9.78 Å². The summed E-state index contributed by atoms with van der Waals surface area (Å²) in [7, 11) is 1.76. The monoisotopic (exact) mass is 542 g/mol. The number of hydrogen-bond donors (Lipinski definition) is 2. The maximum Gasteiger partial charge on any atom is 0.331 e. The summed E-state index contributed by atoms with van der Waals surface area (Å²) >= 11 is 1.30. The van der Waals surface area contributed by atoms with Gasteiger partial charge in [-0.1, -0.05) is 18.2 Å². The molecular weight excluding hydrogens is 512 g/mol. The maximum atomic E-state index is 13.5. The zero-order chi connectivity index (χ0) is 26.9. The molecule has 200 valence electrons. The van der Waals surface area contributed by atoms with Crippen LogP contribution in [0.2, 0.25) is 0 Å². The summed E-state index contributed by atoms with van der Waals surface area (Å²) < 4.78 is 11.4. The van der Waals surface area contributed by atoms with E-state index >= 15 is 0 Å². The van der Waals surface area contributed by atoms with Gasteiger partial charge >= 0.3 is 6.03 Å². The van der Waals surface area contributed by atoms with Crippen LogP contribution >= 0.6 is 11.3 Å². The summed E-state index contributed by atoms with van der Waals surface area (Å²) in [6.45, 7) is 2.56. The van der Waals surface area contributed by atoms with Crippen LogP contribution < -0.4 is 20.3 Å². The molecule has 0 atom stereocenters. The molecule has 4 aromatic rings. The number of nitrogens with one attached hydrogen (secondary N) is 2. The topological polar surface area (TPSA) is 92.8 Å². The Morgan fingerprint density at radius 1 is 1.08 bits per heavy atom. The van der Waals surface area contributed by atoms with Gasteiger partial charge in [0, 0.05) is 19.9 Å². The van der Waals surface area contributed by atoms with Crippen LogP contribution in [0.4, 0.5) is 21.9 Å². The molecule has 1 fully saturated rings. The van der Waals surface area contributed by atoms with Gasteiger partial charge in [0.05, 0.1) is 28.6 Å². The van der Waals surface area contributed by atoms with Gasteiger partial charge in [-0.3, -0.25) is 9.69 Å². The SMILES string of the molecule is COC1CCC(CNC(=O)c2sc3nccc4c3c2NC(=O)N4c2ccc(Oc3ccccc3)cc2C)CC1. The van der Waals surface area contributed by atoms with Gasteiger partial charge in [0.1, 0.15) is 21.2 Å². The number of ether oxygens (including phenoxy) is 2. The number of carbonyl (C=O) groups is 2. The smallest absolute Gasteiger partial charge is 0.331 e. The number of carbonyl (C=O) groups excluding carboxylic acids is 2. The Bertz CT molecular complexity index is 1530. The molecule has 0 unspecified atom stereocenters. The molecule has 3 heterocycles. The van der Waals surface area contributed by atoms with Crippen molar-refractivity contribution in [2.75, 3.05) is 23.9 Å². The molecule has 9 heteroatoms. The quantitative estimate of drug-likeness (QED) is 0.262. The Morgan fingerprint density at radius 3 is 2.62 bits per heavy atom. The lowest BCUT2D eigenvalue weighted by Crippen LogP contribution is -2.36. The second-order valence-corrected chi connectivity index (χ2v) is 11.0. The Labute approximate surface area is 230 Å². The molecule has 3 amide bonds. The van der Waals surface area contributed by atoms with E-state index in [0.29, 0.717) is 45.4 Å². The molecule has 6 rings (SSSR count). The molecule has 0 radical (unpaired) electrons. The number of aromatic nitrogens is 1. The van der Waals surface area contributed by atoms with Crippen LogP contribution in [-0.2, 0) is 4.74 Å². The standard InChI is InChI=1S/C30H30N4O4S/c1-18-16-22(38-21-6-4-3-5-7-21)12-13-23(18)34-24-14-15-31-29-25(24)26(33-30(34)36)27(39-29)28(35)32-17-19-8-10-20(37-2)11-9-19/h3-7,12-16,19-20H,8-11,17H2,1-2H3,(H,32,35)(H,33,36). The third kappa shape index (κ3) is 4.95. The number of thiophene rings is 1. The fraction of sp³-hybridized carbons (Fsp3) is 0.300. The number of rotatable bonds is 7. The van der Waals surface area contributed by atoms with Gasteiger partial charge in [-0.15, -0.1) is 11.3 Å². The minimum atomic E-state index is -0.319. The van der Waals surface area contributed by atoms with Gasteiger partial charge in [-0.2, -0.15) is 0 Å². The van der Waals surface area contributed by atoms with Gasteiger partial charge in [0.15, 0.2) is 0 Å². The van der Waals surface area contributed by atoms with Crippen LogP contribution in [-0.4, -0.2) is 36.7 Å². The van der Waals surface area contributed by atoms with Crippen molar-refractivity contribution in [1.29, 1.82) is 0 Å². The van der Waals surface area contributed by atoms with E-state index in [9.17, 15) is 9.59 Å². The van der Waals surface area contributed by atoms with Gasteiger partial charge < -0.3 is 20.1 Å². The van der Waals surface area contributed by atoms with Crippen LogP contribution in [0.1, 0.15) is 40.9 Å². The molecule has 2 N–H and O–H groups in total. The number of benzene rings is 2. The second-order valence-electron chi connectivity index (χ2n) is 10.0. The molecule has 1 aliphatic heterocycles. The van der Waals surface area contributed by atoms with Crippen molar-refractivity contribution < 1.29 is 19.1 Å². The predicted molar refractivity (Wildman–Crippen MR) is 154 cm³/mol. The van der Waals surface area contributed by atoms with E-state index in [1.54, 1.807) is 18.2 Å². The van der Waals surface area contributed by atoms with Gasteiger partial charge in [0.25, 0.3) is 5.91 Å². The van der Waals surface area contributed by atoms with Gasteiger partial charge in [0.2, 0.25) is 0 Å². The van der Waals surface area contributed by atoms with E-state index in [0.717, 1.165) is 48.1 Å². The summed E-state index contributed by atoms with van der Waals surface area (Å²) in [6.07, 6.45) is 6.10. The summed E-state index contributed by atoms with van der Waals surface area (Å²) in [5, 5.41) is 6.86. The molecule has 0 spiro atoms. The molecule has 1 aliphatic carbocycles. The lowest BCUT2D eigenvalue weighted by Gasteiger charge is -2.30. The highest BCUT2D eigenvalue weighted by Gasteiger charge is 2.33. The zero-order valence-corrected chi connectivity index (χ0v) is 22.7. The number of para-hydroxylation sites is 1. The number of amides is 3. The minimum Gasteiger partial charge on any atom is -0.457 e. The summed E-state index contributed by atoms with van der Waals surface area (Å²) in [5.74, 6) is 1.68.